The molecule has 10 heavy (non-hydrogen) atoms. The minimum absolute atomic E-state index is 0.205. The average Bonchev–Trinajstić information content (AvgIpc) is 1.88. The molecular formula is C9H8F. The van der Waals surface area contributed by atoms with E-state index in [9.17, 15) is 4.39 Å². The number of hydrogen-bond donors (Lipinski definition) is 0. The van der Waals surface area contributed by atoms with E-state index in [1.165, 1.54) is 12.1 Å². The Hall–Kier alpha value is -1.11. The lowest BCUT2D eigenvalue weighted by Crippen LogP contribution is -1.74. The Morgan fingerprint density at radius 1 is 1.50 bits per heavy atom. The molecule has 1 radical (unpaired) electrons. The predicted molar refractivity (Wildman–Crippen MR) is 39.8 cm³/mol. The van der Waals surface area contributed by atoms with Crippen molar-refractivity contribution >= 4 is 6.08 Å². The normalized spacial score (nSPS) is 10.6. The lowest BCUT2D eigenvalue weighted by molar-refractivity contribution is 0.627. The van der Waals surface area contributed by atoms with E-state index in [0.717, 1.165) is 5.56 Å². The summed E-state index contributed by atoms with van der Waals surface area (Å²) in [4.78, 5) is 0. The van der Waals surface area contributed by atoms with Gasteiger partial charge in [0.05, 0.1) is 0 Å². The minimum Gasteiger partial charge on any atom is -0.207 e. The Bertz CT molecular complexity index is 238. The standard InChI is InChI=1S/C9H8F/c1-2-4-8-5-3-6-9(10)7-8/h3-7H,1H3. The van der Waals surface area contributed by atoms with Crippen molar-refractivity contribution in [3.8, 4) is 0 Å². The summed E-state index contributed by atoms with van der Waals surface area (Å²) in [6.07, 6.45) is 4.56. The quantitative estimate of drug-likeness (QED) is 0.555. The van der Waals surface area contributed by atoms with Crippen LogP contribution in [0, 0.1) is 11.9 Å². The van der Waals surface area contributed by atoms with Crippen molar-refractivity contribution in [2.24, 2.45) is 0 Å². The van der Waals surface area contributed by atoms with E-state index in [2.05, 4.69) is 6.08 Å². The summed E-state index contributed by atoms with van der Waals surface area (Å²) in [6, 6.07) is 6.40. The van der Waals surface area contributed by atoms with E-state index in [-0.39, 0.29) is 5.82 Å². The summed E-state index contributed by atoms with van der Waals surface area (Å²) in [5.41, 5.74) is 0.850. The molecule has 0 saturated carbocycles. The van der Waals surface area contributed by atoms with Gasteiger partial charge in [-0.1, -0.05) is 18.2 Å². The Labute approximate surface area is 60.0 Å². The first kappa shape index (κ1) is 7.00. The summed E-state index contributed by atoms with van der Waals surface area (Å²) in [7, 11) is 0. The van der Waals surface area contributed by atoms with Crippen molar-refractivity contribution in [1.29, 1.82) is 0 Å². The molecule has 0 N–H and O–H groups in total. The first-order valence-corrected chi connectivity index (χ1v) is 3.09. The molecule has 0 spiro atoms. The fraction of sp³-hybridized carbons (Fsp3) is 0.111. The number of halogens is 1. The van der Waals surface area contributed by atoms with E-state index in [1.807, 2.05) is 6.07 Å². The van der Waals surface area contributed by atoms with Crippen molar-refractivity contribution in [3.63, 3.8) is 0 Å². The third kappa shape index (κ3) is 1.69. The molecule has 0 aliphatic heterocycles. The highest BCUT2D eigenvalue weighted by Gasteiger charge is 1.87. The molecule has 0 aliphatic rings. The van der Waals surface area contributed by atoms with Crippen LogP contribution in [0.4, 0.5) is 4.39 Å². The van der Waals surface area contributed by atoms with Gasteiger partial charge in [0.2, 0.25) is 0 Å². The van der Waals surface area contributed by atoms with Gasteiger partial charge in [0.1, 0.15) is 5.82 Å². The van der Waals surface area contributed by atoms with Gasteiger partial charge in [-0.15, -0.1) is 0 Å². The summed E-state index contributed by atoms with van der Waals surface area (Å²) >= 11 is 0. The largest absolute Gasteiger partial charge is 0.207 e. The second kappa shape index (κ2) is 3.16. The van der Waals surface area contributed by atoms with Crippen LogP contribution in [0.2, 0.25) is 0 Å². The molecule has 0 saturated heterocycles. The molecule has 0 aliphatic carbocycles. The maximum absolute atomic E-state index is 12.4. The molecular weight excluding hydrogens is 127 g/mol. The van der Waals surface area contributed by atoms with E-state index >= 15 is 0 Å². The Morgan fingerprint density at radius 2 is 2.30 bits per heavy atom. The van der Waals surface area contributed by atoms with Crippen LogP contribution in [0.15, 0.2) is 24.3 Å². The van der Waals surface area contributed by atoms with Crippen LogP contribution < -0.4 is 0 Å². The highest BCUT2D eigenvalue weighted by atomic mass is 19.1. The molecule has 0 amide bonds. The molecule has 51 valence electrons. The first-order valence-electron chi connectivity index (χ1n) is 3.09. The third-order valence-corrected chi connectivity index (χ3v) is 1.16. The molecule has 0 aromatic heterocycles. The van der Waals surface area contributed by atoms with E-state index in [1.54, 1.807) is 19.1 Å². The Kier molecular flexibility index (Phi) is 2.21. The molecule has 0 unspecified atom stereocenters. The molecule has 0 fully saturated rings. The second-order valence-corrected chi connectivity index (χ2v) is 1.99. The maximum atomic E-state index is 12.4. The minimum atomic E-state index is -0.205. The van der Waals surface area contributed by atoms with Crippen LogP contribution in [-0.4, -0.2) is 0 Å². The number of rotatable bonds is 1. The average molecular weight is 135 g/mol. The fourth-order valence-corrected chi connectivity index (χ4v) is 0.763. The fourth-order valence-electron chi connectivity index (χ4n) is 0.763. The van der Waals surface area contributed by atoms with Crippen molar-refractivity contribution in [3.05, 3.63) is 41.7 Å². The molecule has 1 rings (SSSR count). The monoisotopic (exact) mass is 135 g/mol. The summed E-state index contributed by atoms with van der Waals surface area (Å²) in [5.74, 6) is -0.205. The van der Waals surface area contributed by atoms with Gasteiger partial charge in [-0.2, -0.15) is 0 Å². The predicted octanol–water partition coefficient (Wildman–Crippen LogP) is 2.66. The van der Waals surface area contributed by atoms with Gasteiger partial charge in [0.25, 0.3) is 0 Å². The molecule has 0 nitrogen and oxygen atoms in total. The van der Waals surface area contributed by atoms with Gasteiger partial charge in [-0.05, 0) is 30.7 Å². The van der Waals surface area contributed by atoms with Crippen LogP contribution in [0.25, 0.3) is 6.08 Å². The van der Waals surface area contributed by atoms with Crippen molar-refractivity contribution in [1.82, 2.24) is 0 Å². The lowest BCUT2D eigenvalue weighted by atomic mass is 10.2. The van der Waals surface area contributed by atoms with Crippen LogP contribution in [0.1, 0.15) is 12.5 Å². The molecule has 1 aromatic carbocycles. The number of hydrogen-bond acceptors (Lipinski definition) is 0. The Morgan fingerprint density at radius 3 is 2.90 bits per heavy atom. The Balaban J connectivity index is 2.95. The highest BCUT2D eigenvalue weighted by molar-refractivity contribution is 5.46. The van der Waals surface area contributed by atoms with E-state index in [4.69, 9.17) is 0 Å². The molecule has 1 aromatic rings. The smallest absolute Gasteiger partial charge is 0.123 e. The topological polar surface area (TPSA) is 0 Å². The first-order chi connectivity index (χ1) is 4.83. The number of benzene rings is 1. The van der Waals surface area contributed by atoms with Gasteiger partial charge in [-0.25, -0.2) is 4.39 Å². The van der Waals surface area contributed by atoms with Crippen LogP contribution in [-0.2, 0) is 0 Å². The number of allylic oxidation sites excluding steroid dienone is 1. The van der Waals surface area contributed by atoms with Gasteiger partial charge in [0, 0.05) is 0 Å². The van der Waals surface area contributed by atoms with Crippen molar-refractivity contribution < 1.29 is 4.39 Å². The molecule has 0 heterocycles. The summed E-state index contributed by atoms with van der Waals surface area (Å²) in [6.45, 7) is 1.78. The van der Waals surface area contributed by atoms with Gasteiger partial charge in [0.15, 0.2) is 0 Å². The van der Waals surface area contributed by atoms with Crippen molar-refractivity contribution in [2.75, 3.05) is 0 Å². The van der Waals surface area contributed by atoms with Crippen LogP contribution in [0.3, 0.4) is 0 Å². The zero-order valence-electron chi connectivity index (χ0n) is 5.76. The summed E-state index contributed by atoms with van der Waals surface area (Å²) < 4.78 is 12.4. The highest BCUT2D eigenvalue weighted by Crippen LogP contribution is 2.04. The van der Waals surface area contributed by atoms with E-state index in [0.29, 0.717) is 0 Å². The molecule has 0 atom stereocenters. The lowest BCUT2D eigenvalue weighted by Gasteiger charge is -1.90. The zero-order valence-corrected chi connectivity index (χ0v) is 5.76. The van der Waals surface area contributed by atoms with E-state index < -0.39 is 0 Å². The van der Waals surface area contributed by atoms with Crippen LogP contribution in [0.5, 0.6) is 0 Å². The van der Waals surface area contributed by atoms with Gasteiger partial charge < -0.3 is 0 Å². The zero-order chi connectivity index (χ0) is 7.40. The summed E-state index contributed by atoms with van der Waals surface area (Å²) in [5, 5.41) is 0. The van der Waals surface area contributed by atoms with Gasteiger partial charge in [-0.3, -0.25) is 0 Å². The van der Waals surface area contributed by atoms with Crippen molar-refractivity contribution in [2.45, 2.75) is 6.92 Å². The van der Waals surface area contributed by atoms with Crippen LogP contribution >= 0.6 is 0 Å². The SMILES string of the molecule is C[C]=Cc1cccc(F)c1. The van der Waals surface area contributed by atoms with Gasteiger partial charge >= 0.3 is 0 Å². The molecule has 0 bridgehead atoms. The molecule has 1 heteroatoms. The maximum Gasteiger partial charge on any atom is 0.123 e. The second-order valence-electron chi connectivity index (χ2n) is 1.99. The third-order valence-electron chi connectivity index (χ3n) is 1.16.